The molecule has 9 heteroatoms. The van der Waals surface area contributed by atoms with Gasteiger partial charge in [0.1, 0.15) is 11.2 Å². The van der Waals surface area contributed by atoms with Crippen molar-refractivity contribution >= 4 is 35.0 Å². The summed E-state index contributed by atoms with van der Waals surface area (Å²) in [7, 11) is 0. The van der Waals surface area contributed by atoms with Crippen LogP contribution in [-0.4, -0.2) is 17.6 Å². The minimum absolute atomic E-state index is 0.159. The van der Waals surface area contributed by atoms with E-state index in [1.165, 1.54) is 47.0 Å². The van der Waals surface area contributed by atoms with Crippen LogP contribution in [0.2, 0.25) is 0 Å². The number of anilines is 2. The van der Waals surface area contributed by atoms with Crippen molar-refractivity contribution in [1.29, 1.82) is 0 Å². The van der Waals surface area contributed by atoms with Gasteiger partial charge in [-0.1, -0.05) is 18.2 Å². The lowest BCUT2D eigenvalue weighted by Gasteiger charge is -2.25. The normalized spacial score (nSPS) is 16.3. The highest BCUT2D eigenvalue weighted by atomic mass is 32.2. The first kappa shape index (κ1) is 21.9. The Morgan fingerprint density at radius 2 is 1.72 bits per heavy atom. The number of thioether (sulfide) groups is 1. The molecule has 0 bridgehead atoms. The van der Waals surface area contributed by atoms with Gasteiger partial charge >= 0.3 is 6.18 Å². The molecule has 0 aliphatic carbocycles. The number of amides is 2. The minimum Gasteiger partial charge on any atom is -0.322 e. The number of carbonyl (C=O) groups excluding carboxylic acids is 2. The molecule has 0 spiro atoms. The Kier molecular flexibility index (Phi) is 5.92. The Bertz CT molecular complexity index is 1170. The van der Waals surface area contributed by atoms with E-state index in [4.69, 9.17) is 0 Å². The monoisotopic (exact) mass is 460 g/mol. The van der Waals surface area contributed by atoms with Crippen LogP contribution in [0.25, 0.3) is 0 Å². The number of nitrogens with zero attached hydrogens (tertiary/aromatic N) is 1. The van der Waals surface area contributed by atoms with Crippen molar-refractivity contribution < 1.29 is 27.2 Å². The maximum absolute atomic E-state index is 13.4. The molecule has 0 saturated carbocycles. The topological polar surface area (TPSA) is 49.4 Å². The molecule has 4 rings (SSSR count). The molecule has 0 unspecified atom stereocenters. The van der Waals surface area contributed by atoms with Crippen molar-refractivity contribution in [3.05, 3.63) is 95.3 Å². The molecule has 1 N–H and O–H groups in total. The number of rotatable bonds is 4. The molecular weight excluding hydrogens is 444 g/mol. The van der Waals surface area contributed by atoms with E-state index >= 15 is 0 Å². The number of nitrogens with one attached hydrogen (secondary N) is 1. The van der Waals surface area contributed by atoms with Crippen LogP contribution >= 0.6 is 11.8 Å². The van der Waals surface area contributed by atoms with Gasteiger partial charge in [0, 0.05) is 16.9 Å². The highest BCUT2D eigenvalue weighted by molar-refractivity contribution is 8.00. The van der Waals surface area contributed by atoms with Crippen LogP contribution in [0.5, 0.6) is 0 Å². The maximum Gasteiger partial charge on any atom is 0.416 e. The van der Waals surface area contributed by atoms with Crippen molar-refractivity contribution in [3.8, 4) is 0 Å². The predicted molar refractivity (Wildman–Crippen MR) is 115 cm³/mol. The van der Waals surface area contributed by atoms with E-state index in [9.17, 15) is 27.2 Å². The molecule has 1 aliphatic rings. The number of hydrogen-bond acceptors (Lipinski definition) is 3. The Hall–Kier alpha value is -3.33. The van der Waals surface area contributed by atoms with E-state index in [1.54, 1.807) is 24.3 Å². The van der Waals surface area contributed by atoms with Gasteiger partial charge in [0.05, 0.1) is 11.3 Å². The van der Waals surface area contributed by atoms with Crippen molar-refractivity contribution in [2.24, 2.45) is 0 Å². The molecule has 1 atom stereocenters. The molecule has 2 amide bonds. The summed E-state index contributed by atoms with van der Waals surface area (Å²) in [5.41, 5.74) is 0.862. The first-order valence-corrected chi connectivity index (χ1v) is 10.5. The fraction of sp³-hybridized carbons (Fsp3) is 0.130. The number of benzene rings is 3. The summed E-state index contributed by atoms with van der Waals surface area (Å²) in [5.74, 6) is -1.07. The summed E-state index contributed by atoms with van der Waals surface area (Å²) in [6, 6.07) is 16.5. The molecule has 3 aromatic carbocycles. The van der Waals surface area contributed by atoms with Gasteiger partial charge in [0.25, 0.3) is 5.91 Å². The van der Waals surface area contributed by atoms with Gasteiger partial charge in [-0.2, -0.15) is 13.2 Å². The van der Waals surface area contributed by atoms with Crippen LogP contribution in [0.15, 0.2) is 72.8 Å². The quantitative estimate of drug-likeness (QED) is 0.495. The first-order valence-electron chi connectivity index (χ1n) is 9.50. The third-order valence-electron chi connectivity index (χ3n) is 4.86. The van der Waals surface area contributed by atoms with E-state index in [1.807, 2.05) is 0 Å². The van der Waals surface area contributed by atoms with Crippen LogP contribution in [-0.2, 0) is 11.0 Å². The summed E-state index contributed by atoms with van der Waals surface area (Å²) in [4.78, 5) is 26.4. The highest BCUT2D eigenvalue weighted by Gasteiger charge is 2.35. The average molecular weight is 460 g/mol. The Balaban J connectivity index is 1.57. The van der Waals surface area contributed by atoms with Crippen molar-refractivity contribution in [2.45, 2.75) is 11.6 Å². The molecule has 1 fully saturated rings. The Labute approximate surface area is 185 Å². The molecular formula is C23H16F4N2O2S. The fourth-order valence-electron chi connectivity index (χ4n) is 3.36. The lowest BCUT2D eigenvalue weighted by Crippen LogP contribution is -2.28. The Morgan fingerprint density at radius 1 is 1.00 bits per heavy atom. The first-order chi connectivity index (χ1) is 15.2. The number of alkyl halides is 3. The standard InChI is InChI=1S/C23H16F4N2O2S/c24-17-5-1-3-14(11-17)21(31)28-18-6-2-4-15(12-18)22-29(20(30)13-32-22)19-9-7-16(8-10-19)23(25,26)27/h1-12,22H,13H2,(H,28,31)/t22-/m0/s1. The van der Waals surface area contributed by atoms with Crippen LogP contribution < -0.4 is 10.2 Å². The predicted octanol–water partition coefficient (Wildman–Crippen LogP) is 5.88. The molecule has 0 aromatic heterocycles. The second-order valence-corrected chi connectivity index (χ2v) is 8.13. The summed E-state index contributed by atoms with van der Waals surface area (Å²) < 4.78 is 52.0. The maximum atomic E-state index is 13.4. The molecule has 164 valence electrons. The van der Waals surface area contributed by atoms with Gasteiger partial charge in [-0.05, 0) is 60.2 Å². The van der Waals surface area contributed by atoms with Gasteiger partial charge in [-0.15, -0.1) is 11.8 Å². The summed E-state index contributed by atoms with van der Waals surface area (Å²) in [6.45, 7) is 0. The third-order valence-corrected chi connectivity index (χ3v) is 6.07. The highest BCUT2D eigenvalue weighted by Crippen LogP contribution is 2.43. The zero-order valence-electron chi connectivity index (χ0n) is 16.4. The summed E-state index contributed by atoms with van der Waals surface area (Å²) >= 11 is 1.33. The van der Waals surface area contributed by atoms with Gasteiger partial charge in [-0.25, -0.2) is 4.39 Å². The number of carbonyl (C=O) groups is 2. The lowest BCUT2D eigenvalue weighted by molar-refractivity contribution is -0.137. The molecule has 1 saturated heterocycles. The van der Waals surface area contributed by atoms with Crippen LogP contribution in [0, 0.1) is 5.82 Å². The minimum atomic E-state index is -4.46. The van der Waals surface area contributed by atoms with Gasteiger partial charge in [0.15, 0.2) is 0 Å². The van der Waals surface area contributed by atoms with Crippen molar-refractivity contribution in [1.82, 2.24) is 0 Å². The SMILES string of the molecule is O=C(Nc1cccc([C@@H]2SCC(=O)N2c2ccc(C(F)(F)F)cc2)c1)c1cccc(F)c1. The van der Waals surface area contributed by atoms with E-state index < -0.39 is 28.8 Å². The van der Waals surface area contributed by atoms with Crippen LogP contribution in [0.4, 0.5) is 28.9 Å². The third kappa shape index (κ3) is 4.62. The molecule has 4 nitrogen and oxygen atoms in total. The molecule has 3 aromatic rings. The summed E-state index contributed by atoms with van der Waals surface area (Å²) in [5, 5.41) is 2.23. The molecule has 1 aliphatic heterocycles. The smallest absolute Gasteiger partial charge is 0.322 e. The summed E-state index contributed by atoms with van der Waals surface area (Å²) in [6.07, 6.45) is -4.46. The van der Waals surface area contributed by atoms with Crippen molar-refractivity contribution in [2.75, 3.05) is 16.0 Å². The van der Waals surface area contributed by atoms with Gasteiger partial charge < -0.3 is 5.32 Å². The largest absolute Gasteiger partial charge is 0.416 e. The zero-order chi connectivity index (χ0) is 22.9. The van der Waals surface area contributed by atoms with E-state index in [2.05, 4.69) is 5.32 Å². The fourth-order valence-corrected chi connectivity index (χ4v) is 4.53. The van der Waals surface area contributed by atoms with Gasteiger partial charge in [0.2, 0.25) is 5.91 Å². The zero-order valence-corrected chi connectivity index (χ0v) is 17.2. The number of hydrogen-bond donors (Lipinski definition) is 1. The Morgan fingerprint density at radius 3 is 2.41 bits per heavy atom. The van der Waals surface area contributed by atoms with E-state index in [-0.39, 0.29) is 17.2 Å². The van der Waals surface area contributed by atoms with Crippen molar-refractivity contribution in [3.63, 3.8) is 0 Å². The molecule has 32 heavy (non-hydrogen) atoms. The molecule has 0 radical (unpaired) electrons. The van der Waals surface area contributed by atoms with Crippen LogP contribution in [0.3, 0.4) is 0 Å². The lowest BCUT2D eigenvalue weighted by atomic mass is 10.1. The van der Waals surface area contributed by atoms with Gasteiger partial charge in [-0.3, -0.25) is 14.5 Å². The molecule has 1 heterocycles. The van der Waals surface area contributed by atoms with Crippen LogP contribution in [0.1, 0.15) is 26.9 Å². The van der Waals surface area contributed by atoms with E-state index in [0.717, 1.165) is 18.2 Å². The van der Waals surface area contributed by atoms with E-state index in [0.29, 0.717) is 16.9 Å². The second kappa shape index (κ2) is 8.66. The average Bonchev–Trinajstić information content (AvgIpc) is 3.15. The second-order valence-electron chi connectivity index (χ2n) is 7.06. The number of halogens is 4.